The first kappa shape index (κ1) is 10.9. The molecular formula is C12H19As. The standard InChI is InChI=1S/C12H19As/c1-3-10-13(11-4-2)12-8-6-5-7-9-12/h5-9H,3-4,10-11H2,1-2H3. The van der Waals surface area contributed by atoms with E-state index in [1.165, 1.54) is 23.3 Å². The monoisotopic (exact) mass is 238 g/mol. The molecule has 0 nitrogen and oxygen atoms in total. The van der Waals surface area contributed by atoms with E-state index in [4.69, 9.17) is 0 Å². The molecule has 72 valence electrons. The SMILES string of the molecule is CCC[As](CCC)c1ccccc1. The Morgan fingerprint density at radius 2 is 1.46 bits per heavy atom. The van der Waals surface area contributed by atoms with Crippen LogP contribution in [0.15, 0.2) is 30.3 Å². The predicted octanol–water partition coefficient (Wildman–Crippen LogP) is 3.21. The third kappa shape index (κ3) is 3.56. The Balaban J connectivity index is 2.64. The van der Waals surface area contributed by atoms with Crippen molar-refractivity contribution in [3.05, 3.63) is 30.3 Å². The fourth-order valence-corrected chi connectivity index (χ4v) is 6.61. The average molecular weight is 238 g/mol. The van der Waals surface area contributed by atoms with Gasteiger partial charge in [0.2, 0.25) is 0 Å². The maximum absolute atomic E-state index is 2.32. The van der Waals surface area contributed by atoms with Crippen molar-refractivity contribution in [1.82, 2.24) is 0 Å². The predicted molar refractivity (Wildman–Crippen MR) is 62.0 cm³/mol. The summed E-state index contributed by atoms with van der Waals surface area (Å²) in [7, 11) is 0. The summed E-state index contributed by atoms with van der Waals surface area (Å²) in [5.41, 5.74) is 0. The van der Waals surface area contributed by atoms with Crippen molar-refractivity contribution in [2.45, 2.75) is 37.1 Å². The minimum absolute atomic E-state index is 0.661. The molecule has 13 heavy (non-hydrogen) atoms. The zero-order valence-corrected chi connectivity index (χ0v) is 10.5. The van der Waals surface area contributed by atoms with Crippen LogP contribution in [-0.2, 0) is 0 Å². The zero-order valence-electron chi connectivity index (χ0n) is 8.66. The van der Waals surface area contributed by atoms with Crippen LogP contribution < -0.4 is 4.35 Å². The van der Waals surface area contributed by atoms with Gasteiger partial charge in [0, 0.05) is 0 Å². The molecule has 0 amide bonds. The summed E-state index contributed by atoms with van der Waals surface area (Å²) in [4.78, 5) is 0. The molecule has 1 heteroatoms. The maximum atomic E-state index is 2.32. The molecule has 0 fully saturated rings. The topological polar surface area (TPSA) is 0 Å². The summed E-state index contributed by atoms with van der Waals surface area (Å²) < 4.78 is 1.67. The van der Waals surface area contributed by atoms with Crippen molar-refractivity contribution in [2.24, 2.45) is 0 Å². The first-order valence-electron chi connectivity index (χ1n) is 5.18. The molecule has 0 radical (unpaired) electrons. The molecule has 0 aliphatic rings. The average Bonchev–Trinajstić information content (AvgIpc) is 2.19. The second-order valence-electron chi connectivity index (χ2n) is 3.32. The Kier molecular flexibility index (Phi) is 5.23. The molecule has 0 heterocycles. The van der Waals surface area contributed by atoms with E-state index in [1.807, 2.05) is 0 Å². The van der Waals surface area contributed by atoms with Crippen molar-refractivity contribution in [1.29, 1.82) is 0 Å². The van der Waals surface area contributed by atoms with E-state index in [1.54, 1.807) is 4.35 Å². The number of hydrogen-bond acceptors (Lipinski definition) is 0. The first-order chi connectivity index (χ1) is 6.38. The summed E-state index contributed by atoms with van der Waals surface area (Å²) in [5, 5.41) is 2.95. The van der Waals surface area contributed by atoms with Gasteiger partial charge in [0.15, 0.2) is 0 Å². The van der Waals surface area contributed by atoms with E-state index in [2.05, 4.69) is 44.2 Å². The van der Waals surface area contributed by atoms with E-state index >= 15 is 0 Å². The van der Waals surface area contributed by atoms with Crippen LogP contribution in [0.1, 0.15) is 26.7 Å². The molecule has 0 N–H and O–H groups in total. The van der Waals surface area contributed by atoms with Gasteiger partial charge in [-0.1, -0.05) is 0 Å². The summed E-state index contributed by atoms with van der Waals surface area (Å²) >= 11 is -0.661. The quantitative estimate of drug-likeness (QED) is 0.691. The van der Waals surface area contributed by atoms with E-state index in [0.717, 1.165) is 0 Å². The van der Waals surface area contributed by atoms with E-state index in [0.29, 0.717) is 0 Å². The van der Waals surface area contributed by atoms with Crippen LogP contribution in [0.5, 0.6) is 0 Å². The van der Waals surface area contributed by atoms with Crippen molar-refractivity contribution in [3.8, 4) is 0 Å². The van der Waals surface area contributed by atoms with E-state index in [-0.39, 0.29) is 0 Å². The van der Waals surface area contributed by atoms with Gasteiger partial charge in [0.05, 0.1) is 0 Å². The zero-order chi connectivity index (χ0) is 9.52. The fraction of sp³-hybridized carbons (Fsp3) is 0.500. The summed E-state index contributed by atoms with van der Waals surface area (Å²) in [6.45, 7) is 4.61. The molecule has 1 aromatic rings. The molecular weight excluding hydrogens is 219 g/mol. The normalized spacial score (nSPS) is 10.7. The Morgan fingerprint density at radius 1 is 0.923 bits per heavy atom. The molecule has 0 aliphatic heterocycles. The van der Waals surface area contributed by atoms with Gasteiger partial charge in [-0.15, -0.1) is 0 Å². The van der Waals surface area contributed by atoms with Crippen LogP contribution >= 0.6 is 0 Å². The molecule has 1 aromatic carbocycles. The van der Waals surface area contributed by atoms with Gasteiger partial charge in [0.1, 0.15) is 0 Å². The van der Waals surface area contributed by atoms with Gasteiger partial charge < -0.3 is 0 Å². The van der Waals surface area contributed by atoms with Crippen molar-refractivity contribution in [2.75, 3.05) is 0 Å². The van der Waals surface area contributed by atoms with Crippen molar-refractivity contribution >= 4 is 19.0 Å². The molecule has 0 aliphatic carbocycles. The van der Waals surface area contributed by atoms with Crippen LogP contribution in [0.3, 0.4) is 0 Å². The second kappa shape index (κ2) is 6.27. The molecule has 0 atom stereocenters. The number of benzene rings is 1. The Bertz CT molecular complexity index is 212. The van der Waals surface area contributed by atoms with Crippen molar-refractivity contribution in [3.63, 3.8) is 0 Å². The van der Waals surface area contributed by atoms with Gasteiger partial charge in [-0.3, -0.25) is 0 Å². The van der Waals surface area contributed by atoms with Gasteiger partial charge in [0.25, 0.3) is 0 Å². The van der Waals surface area contributed by atoms with Crippen LogP contribution in [-0.4, -0.2) is 14.7 Å². The minimum atomic E-state index is -0.661. The first-order valence-corrected chi connectivity index (χ1v) is 8.77. The third-order valence-corrected chi connectivity index (χ3v) is 8.41. The number of rotatable bonds is 5. The van der Waals surface area contributed by atoms with Gasteiger partial charge in [-0.2, -0.15) is 0 Å². The van der Waals surface area contributed by atoms with Crippen LogP contribution in [0.2, 0.25) is 10.4 Å². The van der Waals surface area contributed by atoms with E-state index < -0.39 is 14.7 Å². The van der Waals surface area contributed by atoms with Gasteiger partial charge >= 0.3 is 86.4 Å². The van der Waals surface area contributed by atoms with Gasteiger partial charge in [-0.25, -0.2) is 0 Å². The molecule has 0 spiro atoms. The molecule has 0 bridgehead atoms. The molecule has 1 rings (SSSR count). The number of hydrogen-bond donors (Lipinski definition) is 0. The van der Waals surface area contributed by atoms with Crippen LogP contribution in [0.25, 0.3) is 0 Å². The Labute approximate surface area is 86.6 Å². The van der Waals surface area contributed by atoms with Gasteiger partial charge in [-0.05, 0) is 0 Å². The molecule has 0 saturated heterocycles. The summed E-state index contributed by atoms with van der Waals surface area (Å²) in [5.74, 6) is 0. The summed E-state index contributed by atoms with van der Waals surface area (Å²) in [6, 6.07) is 11.1. The Morgan fingerprint density at radius 3 is 1.92 bits per heavy atom. The second-order valence-corrected chi connectivity index (χ2v) is 8.55. The van der Waals surface area contributed by atoms with Crippen LogP contribution in [0, 0.1) is 0 Å². The third-order valence-electron chi connectivity index (χ3n) is 2.11. The Hall–Kier alpha value is -0.222. The molecule has 0 saturated carbocycles. The molecule has 0 unspecified atom stereocenters. The summed E-state index contributed by atoms with van der Waals surface area (Å²) in [6.07, 6.45) is 2.71. The fourth-order valence-electron chi connectivity index (χ4n) is 1.55. The van der Waals surface area contributed by atoms with Crippen LogP contribution in [0.4, 0.5) is 0 Å². The molecule has 0 aromatic heterocycles. The van der Waals surface area contributed by atoms with Crippen molar-refractivity contribution < 1.29 is 0 Å². The van der Waals surface area contributed by atoms with E-state index in [9.17, 15) is 0 Å².